The molecule has 0 fully saturated rings. The van der Waals surface area contributed by atoms with E-state index in [4.69, 9.17) is 11.6 Å². The Kier molecular flexibility index (Phi) is 4.64. The number of H-pyrrole nitrogens is 1. The Morgan fingerprint density at radius 3 is 2.67 bits per heavy atom. The van der Waals surface area contributed by atoms with Crippen LogP contribution in [0, 0.1) is 0 Å². The number of aromatic amines is 1. The molecule has 0 saturated carbocycles. The molecule has 1 amide bonds. The molecule has 24 heavy (non-hydrogen) atoms. The maximum absolute atomic E-state index is 12.3. The van der Waals surface area contributed by atoms with E-state index in [1.54, 1.807) is 18.2 Å². The van der Waals surface area contributed by atoms with Crippen LogP contribution in [0.5, 0.6) is 0 Å². The van der Waals surface area contributed by atoms with E-state index in [0.717, 1.165) is 5.52 Å². The highest BCUT2D eigenvalue weighted by Crippen LogP contribution is 2.25. The molecule has 1 aromatic heterocycles. The van der Waals surface area contributed by atoms with Gasteiger partial charge in [0.15, 0.2) is 0 Å². The lowest BCUT2D eigenvalue weighted by atomic mass is 10.2. The van der Waals surface area contributed by atoms with E-state index < -0.39 is 15.9 Å². The summed E-state index contributed by atoms with van der Waals surface area (Å²) < 4.78 is 25.2. The van der Waals surface area contributed by atoms with Crippen molar-refractivity contribution in [1.29, 1.82) is 0 Å². The minimum atomic E-state index is -3.99. The summed E-state index contributed by atoms with van der Waals surface area (Å²) in [6, 6.07) is 11.5. The predicted molar refractivity (Wildman–Crippen MR) is 95.2 cm³/mol. The number of fused-ring (bicyclic) bond motifs is 1. The summed E-state index contributed by atoms with van der Waals surface area (Å²) in [6.45, 7) is 0. The molecule has 0 aliphatic heterocycles. The Morgan fingerprint density at radius 1 is 1.17 bits per heavy atom. The van der Waals surface area contributed by atoms with Crippen LogP contribution < -0.4 is 10.3 Å². The highest BCUT2D eigenvalue weighted by molar-refractivity contribution is 9.10. The average molecular weight is 429 g/mol. The van der Waals surface area contributed by atoms with Crippen molar-refractivity contribution in [3.63, 3.8) is 0 Å². The Hall–Kier alpha value is -1.87. The van der Waals surface area contributed by atoms with Crippen molar-refractivity contribution >= 4 is 54.4 Å². The quantitative estimate of drug-likeness (QED) is 0.557. The van der Waals surface area contributed by atoms with Gasteiger partial charge in [0.25, 0.3) is 15.9 Å². The van der Waals surface area contributed by atoms with Gasteiger partial charge in [-0.05, 0) is 24.3 Å². The molecule has 0 aliphatic carbocycles. The number of carbonyl (C=O) groups is 1. The first-order chi connectivity index (χ1) is 11.4. The SMILES string of the molecule is O=C(NNS(=O)(=O)c1ccc(Br)cc1Cl)c1c[nH]c2ccccc12. The van der Waals surface area contributed by atoms with Crippen molar-refractivity contribution in [1.82, 2.24) is 15.2 Å². The highest BCUT2D eigenvalue weighted by atomic mass is 79.9. The van der Waals surface area contributed by atoms with E-state index in [1.165, 1.54) is 18.3 Å². The molecule has 6 nitrogen and oxygen atoms in total. The largest absolute Gasteiger partial charge is 0.360 e. The zero-order chi connectivity index (χ0) is 17.3. The number of para-hydroxylation sites is 1. The average Bonchev–Trinajstić information content (AvgIpc) is 2.96. The molecule has 0 aliphatic rings. The minimum absolute atomic E-state index is 0.0400. The molecule has 3 N–H and O–H groups in total. The fourth-order valence-corrected chi connectivity index (χ4v) is 4.07. The first-order valence-electron chi connectivity index (χ1n) is 6.72. The highest BCUT2D eigenvalue weighted by Gasteiger charge is 2.20. The molecule has 9 heteroatoms. The maximum Gasteiger partial charge on any atom is 0.268 e. The van der Waals surface area contributed by atoms with E-state index in [-0.39, 0.29) is 9.92 Å². The molecule has 3 aromatic rings. The maximum atomic E-state index is 12.3. The molecule has 0 spiro atoms. The summed E-state index contributed by atoms with van der Waals surface area (Å²) in [6.07, 6.45) is 1.51. The zero-order valence-corrected chi connectivity index (χ0v) is 15.2. The number of rotatable bonds is 4. The summed E-state index contributed by atoms with van der Waals surface area (Å²) in [5.74, 6) is -0.579. The third-order valence-electron chi connectivity index (χ3n) is 3.32. The molecule has 2 aromatic carbocycles. The number of benzene rings is 2. The fourth-order valence-electron chi connectivity index (χ4n) is 2.19. The van der Waals surface area contributed by atoms with Crippen LogP contribution in [0.4, 0.5) is 0 Å². The molecule has 0 atom stereocenters. The van der Waals surface area contributed by atoms with Crippen molar-refractivity contribution in [2.75, 3.05) is 0 Å². The second kappa shape index (κ2) is 6.56. The summed E-state index contributed by atoms with van der Waals surface area (Å²) in [4.78, 5) is 17.1. The number of carbonyl (C=O) groups excluding carboxylic acids is 1. The van der Waals surface area contributed by atoms with Gasteiger partial charge in [-0.1, -0.05) is 45.7 Å². The van der Waals surface area contributed by atoms with Crippen LogP contribution in [0.15, 0.2) is 58.0 Å². The second-order valence-corrected chi connectivity index (χ2v) is 7.86. The lowest BCUT2D eigenvalue weighted by Gasteiger charge is -2.09. The molecule has 3 rings (SSSR count). The lowest BCUT2D eigenvalue weighted by Crippen LogP contribution is -2.41. The number of hydrogen-bond donors (Lipinski definition) is 3. The van der Waals surface area contributed by atoms with Crippen LogP contribution in [0.1, 0.15) is 10.4 Å². The number of amides is 1. The van der Waals surface area contributed by atoms with E-state index in [1.807, 2.05) is 17.0 Å². The Balaban J connectivity index is 1.80. The van der Waals surface area contributed by atoms with Crippen molar-refractivity contribution < 1.29 is 13.2 Å². The number of sulfonamides is 1. The fraction of sp³-hybridized carbons (Fsp3) is 0. The van der Waals surface area contributed by atoms with Gasteiger partial charge in [0, 0.05) is 21.6 Å². The standard InChI is InChI=1S/C15H11BrClN3O3S/c16-9-5-6-14(12(17)7-9)24(22,23)20-19-15(21)11-8-18-13-4-2-1-3-10(11)13/h1-8,18,20H,(H,19,21). The van der Waals surface area contributed by atoms with E-state index in [2.05, 4.69) is 26.3 Å². The Labute approximate surface area is 151 Å². The zero-order valence-electron chi connectivity index (χ0n) is 12.0. The Bertz CT molecular complexity index is 1030. The van der Waals surface area contributed by atoms with E-state index in [0.29, 0.717) is 15.4 Å². The summed E-state index contributed by atoms with van der Waals surface area (Å²) in [5, 5.41) is 0.731. The van der Waals surface area contributed by atoms with Gasteiger partial charge < -0.3 is 4.98 Å². The van der Waals surface area contributed by atoms with Gasteiger partial charge in [-0.15, -0.1) is 4.83 Å². The predicted octanol–water partition coefficient (Wildman–Crippen LogP) is 3.21. The van der Waals surface area contributed by atoms with Gasteiger partial charge in [-0.2, -0.15) is 0 Å². The van der Waals surface area contributed by atoms with Crippen LogP contribution in [0.2, 0.25) is 5.02 Å². The lowest BCUT2D eigenvalue weighted by molar-refractivity contribution is 0.0947. The molecular formula is C15H11BrClN3O3S. The summed E-state index contributed by atoms with van der Waals surface area (Å²) in [5.41, 5.74) is 3.30. The number of aromatic nitrogens is 1. The van der Waals surface area contributed by atoms with Gasteiger partial charge in [0.1, 0.15) is 4.90 Å². The number of hydrazine groups is 1. The number of nitrogens with one attached hydrogen (secondary N) is 3. The van der Waals surface area contributed by atoms with Crippen LogP contribution >= 0.6 is 27.5 Å². The minimum Gasteiger partial charge on any atom is -0.360 e. The van der Waals surface area contributed by atoms with E-state index >= 15 is 0 Å². The number of hydrogen-bond acceptors (Lipinski definition) is 3. The second-order valence-electron chi connectivity index (χ2n) is 4.88. The topological polar surface area (TPSA) is 91.1 Å². The normalized spacial score (nSPS) is 11.6. The van der Waals surface area contributed by atoms with Gasteiger partial charge >= 0.3 is 0 Å². The Morgan fingerprint density at radius 2 is 1.92 bits per heavy atom. The van der Waals surface area contributed by atoms with Crippen LogP contribution in [-0.2, 0) is 10.0 Å². The van der Waals surface area contributed by atoms with Crippen LogP contribution in [0.3, 0.4) is 0 Å². The molecule has 124 valence electrons. The summed E-state index contributed by atoms with van der Waals surface area (Å²) >= 11 is 9.14. The molecule has 0 saturated heterocycles. The van der Waals surface area contributed by atoms with Crippen LogP contribution in [-0.4, -0.2) is 19.3 Å². The van der Waals surface area contributed by atoms with Gasteiger partial charge in [-0.3, -0.25) is 10.2 Å². The molecule has 0 unspecified atom stereocenters. The smallest absolute Gasteiger partial charge is 0.268 e. The first-order valence-corrected chi connectivity index (χ1v) is 9.37. The van der Waals surface area contributed by atoms with Crippen molar-refractivity contribution in [2.24, 2.45) is 0 Å². The van der Waals surface area contributed by atoms with Crippen molar-refractivity contribution in [3.05, 3.63) is 63.7 Å². The van der Waals surface area contributed by atoms with Crippen molar-refractivity contribution in [2.45, 2.75) is 4.90 Å². The molecule has 0 radical (unpaired) electrons. The monoisotopic (exact) mass is 427 g/mol. The van der Waals surface area contributed by atoms with Gasteiger partial charge in [-0.25, -0.2) is 8.42 Å². The van der Waals surface area contributed by atoms with Gasteiger partial charge in [0.05, 0.1) is 10.6 Å². The van der Waals surface area contributed by atoms with Gasteiger partial charge in [0.2, 0.25) is 0 Å². The first kappa shape index (κ1) is 17.0. The van der Waals surface area contributed by atoms with Crippen LogP contribution in [0.25, 0.3) is 10.9 Å². The molecule has 1 heterocycles. The number of halogens is 2. The van der Waals surface area contributed by atoms with E-state index in [9.17, 15) is 13.2 Å². The summed E-state index contributed by atoms with van der Waals surface area (Å²) in [7, 11) is -3.99. The van der Waals surface area contributed by atoms with Crippen molar-refractivity contribution in [3.8, 4) is 0 Å². The third-order valence-corrected chi connectivity index (χ3v) is 5.54. The molecule has 0 bridgehead atoms. The molecular weight excluding hydrogens is 418 g/mol. The third kappa shape index (κ3) is 3.32.